The molecule has 0 aliphatic heterocycles. The first-order valence-electron chi connectivity index (χ1n) is 10.6. The highest BCUT2D eigenvalue weighted by Crippen LogP contribution is 2.33. The lowest BCUT2D eigenvalue weighted by Gasteiger charge is -2.10. The first-order valence-corrected chi connectivity index (χ1v) is 10.6. The number of hydrogen-bond donors (Lipinski definition) is 1. The maximum absolute atomic E-state index is 13.2. The molecule has 7 nitrogen and oxygen atoms in total. The minimum absolute atomic E-state index is 0.219. The van der Waals surface area contributed by atoms with E-state index in [-0.39, 0.29) is 5.91 Å². The average Bonchev–Trinajstić information content (AvgIpc) is 3.38. The third-order valence-corrected chi connectivity index (χ3v) is 5.51. The number of amides is 1. The zero-order chi connectivity index (χ0) is 23.5. The van der Waals surface area contributed by atoms with Gasteiger partial charge in [-0.3, -0.25) is 4.79 Å². The number of para-hydroxylation sites is 1. The molecule has 1 amide bonds. The summed E-state index contributed by atoms with van der Waals surface area (Å²) < 4.78 is 16.2. The lowest BCUT2D eigenvalue weighted by Crippen LogP contribution is -2.13. The highest BCUT2D eigenvalue weighted by atomic mass is 16.5. The van der Waals surface area contributed by atoms with Crippen LogP contribution in [-0.4, -0.2) is 30.3 Å². The molecule has 0 saturated heterocycles. The topological polar surface area (TPSA) is 86.5 Å². The van der Waals surface area contributed by atoms with Crippen LogP contribution in [0.25, 0.3) is 33.6 Å². The van der Waals surface area contributed by atoms with Gasteiger partial charge in [0.05, 0.1) is 25.5 Å². The van der Waals surface area contributed by atoms with Gasteiger partial charge in [0.15, 0.2) is 11.5 Å². The number of methoxy groups -OCH3 is 2. The Balaban J connectivity index is 1.46. The third kappa shape index (κ3) is 3.95. The van der Waals surface area contributed by atoms with Crippen LogP contribution in [0.1, 0.15) is 10.4 Å². The number of nitrogens with zero attached hydrogens (tertiary/aromatic N) is 2. The van der Waals surface area contributed by atoms with Gasteiger partial charge in [-0.05, 0) is 47.2 Å². The van der Waals surface area contributed by atoms with E-state index in [9.17, 15) is 4.79 Å². The maximum atomic E-state index is 13.2. The average molecular weight is 451 g/mol. The fourth-order valence-electron chi connectivity index (χ4n) is 3.82. The second-order valence-corrected chi connectivity index (χ2v) is 7.52. The van der Waals surface area contributed by atoms with Crippen LogP contribution >= 0.6 is 0 Å². The molecule has 1 N–H and O–H groups in total. The molecule has 0 saturated carbocycles. The van der Waals surface area contributed by atoms with Crippen molar-refractivity contribution in [2.75, 3.05) is 19.5 Å². The number of anilines is 1. The molecule has 0 atom stereocenters. The normalized spacial score (nSPS) is 10.8. The number of carbonyl (C=O) groups excluding carboxylic acids is 1. The largest absolute Gasteiger partial charge is 0.493 e. The lowest BCUT2D eigenvalue weighted by atomic mass is 10.0. The fourth-order valence-corrected chi connectivity index (χ4v) is 3.82. The Labute approximate surface area is 196 Å². The van der Waals surface area contributed by atoms with E-state index in [4.69, 9.17) is 14.0 Å². The van der Waals surface area contributed by atoms with Gasteiger partial charge in [0.1, 0.15) is 0 Å². The Morgan fingerprint density at radius 3 is 2.47 bits per heavy atom. The second-order valence-electron chi connectivity index (χ2n) is 7.52. The van der Waals surface area contributed by atoms with Crippen LogP contribution < -0.4 is 14.8 Å². The van der Waals surface area contributed by atoms with E-state index in [1.54, 1.807) is 32.4 Å². The maximum Gasteiger partial charge on any atom is 0.260 e. The van der Waals surface area contributed by atoms with E-state index in [2.05, 4.69) is 15.5 Å². The summed E-state index contributed by atoms with van der Waals surface area (Å²) in [6.45, 7) is 0. The monoisotopic (exact) mass is 451 g/mol. The van der Waals surface area contributed by atoms with E-state index < -0.39 is 0 Å². The molecule has 34 heavy (non-hydrogen) atoms. The van der Waals surface area contributed by atoms with Crippen molar-refractivity contribution in [3.8, 4) is 34.3 Å². The zero-order valence-corrected chi connectivity index (χ0v) is 18.6. The number of aromatic nitrogens is 2. The van der Waals surface area contributed by atoms with E-state index >= 15 is 0 Å². The summed E-state index contributed by atoms with van der Waals surface area (Å²) in [5.41, 5.74) is 2.49. The number of benzene rings is 4. The molecule has 5 aromatic rings. The molecule has 0 aliphatic carbocycles. The molecule has 0 unspecified atom stereocenters. The van der Waals surface area contributed by atoms with E-state index in [1.807, 2.05) is 66.7 Å². The molecule has 1 aromatic heterocycles. The molecule has 4 aromatic carbocycles. The first-order chi connectivity index (χ1) is 16.7. The molecule has 7 heteroatoms. The van der Waals surface area contributed by atoms with Crippen LogP contribution in [0.2, 0.25) is 0 Å². The van der Waals surface area contributed by atoms with Crippen molar-refractivity contribution in [1.82, 2.24) is 10.1 Å². The molecule has 0 radical (unpaired) electrons. The van der Waals surface area contributed by atoms with Crippen LogP contribution in [0.3, 0.4) is 0 Å². The SMILES string of the molecule is COc1ccc(-c2noc(-c3ccccc3NC(=O)c3cccc4ccccc34)n2)cc1OC. The van der Waals surface area contributed by atoms with Gasteiger partial charge in [-0.1, -0.05) is 53.7 Å². The van der Waals surface area contributed by atoms with E-state index in [0.29, 0.717) is 45.6 Å². The standard InChI is InChI=1S/C27H21N3O4/c1-32-23-15-14-18(16-24(23)33-2)25-29-27(34-30-25)21-11-5-6-13-22(21)28-26(31)20-12-7-9-17-8-3-4-10-19(17)20/h3-16H,1-2H3,(H,28,31). The molecule has 1 heterocycles. The van der Waals surface area contributed by atoms with Crippen molar-refractivity contribution in [3.63, 3.8) is 0 Å². The van der Waals surface area contributed by atoms with Gasteiger partial charge in [0.2, 0.25) is 5.82 Å². The summed E-state index contributed by atoms with van der Waals surface area (Å²) in [7, 11) is 3.14. The van der Waals surface area contributed by atoms with Crippen molar-refractivity contribution in [2.45, 2.75) is 0 Å². The molecule has 5 rings (SSSR count). The summed E-state index contributed by atoms with van der Waals surface area (Å²) in [6, 6.07) is 26.1. The van der Waals surface area contributed by atoms with E-state index in [1.165, 1.54) is 0 Å². The third-order valence-electron chi connectivity index (χ3n) is 5.51. The van der Waals surface area contributed by atoms with Crippen LogP contribution in [0, 0.1) is 0 Å². The van der Waals surface area contributed by atoms with Crippen molar-refractivity contribution in [2.24, 2.45) is 0 Å². The highest BCUT2D eigenvalue weighted by molar-refractivity contribution is 6.13. The Hall–Kier alpha value is -4.65. The number of hydrogen-bond acceptors (Lipinski definition) is 6. The number of fused-ring (bicyclic) bond motifs is 1. The van der Waals surface area contributed by atoms with Crippen LogP contribution in [0.5, 0.6) is 11.5 Å². The lowest BCUT2D eigenvalue weighted by molar-refractivity contribution is 0.102. The summed E-state index contributed by atoms with van der Waals surface area (Å²) in [4.78, 5) is 17.7. The van der Waals surface area contributed by atoms with Gasteiger partial charge in [-0.15, -0.1) is 0 Å². The highest BCUT2D eigenvalue weighted by Gasteiger charge is 2.18. The van der Waals surface area contributed by atoms with Crippen LogP contribution in [-0.2, 0) is 0 Å². The van der Waals surface area contributed by atoms with Gasteiger partial charge in [-0.2, -0.15) is 4.98 Å². The van der Waals surface area contributed by atoms with Gasteiger partial charge in [0, 0.05) is 11.1 Å². The Bertz CT molecular complexity index is 1490. The minimum Gasteiger partial charge on any atom is -0.493 e. The quantitative estimate of drug-likeness (QED) is 0.350. The number of rotatable bonds is 6. The molecular formula is C27H21N3O4. The van der Waals surface area contributed by atoms with E-state index in [0.717, 1.165) is 10.8 Å². The predicted octanol–water partition coefficient (Wildman–Crippen LogP) is 5.83. The molecule has 0 bridgehead atoms. The Morgan fingerprint density at radius 2 is 1.62 bits per heavy atom. The Kier molecular flexibility index (Phi) is 5.66. The van der Waals surface area contributed by atoms with Crippen molar-refractivity contribution in [3.05, 3.63) is 90.5 Å². The predicted molar refractivity (Wildman–Crippen MR) is 130 cm³/mol. The molecule has 0 spiro atoms. The summed E-state index contributed by atoms with van der Waals surface area (Å²) in [6.07, 6.45) is 0. The fraction of sp³-hybridized carbons (Fsp3) is 0.0741. The van der Waals surface area contributed by atoms with Crippen molar-refractivity contribution >= 4 is 22.4 Å². The number of nitrogens with one attached hydrogen (secondary N) is 1. The molecule has 168 valence electrons. The molecule has 0 fully saturated rings. The summed E-state index contributed by atoms with van der Waals surface area (Å²) in [5.74, 6) is 1.64. The smallest absolute Gasteiger partial charge is 0.260 e. The van der Waals surface area contributed by atoms with Gasteiger partial charge in [0.25, 0.3) is 11.8 Å². The zero-order valence-electron chi connectivity index (χ0n) is 18.6. The summed E-state index contributed by atoms with van der Waals surface area (Å²) >= 11 is 0. The van der Waals surface area contributed by atoms with Crippen molar-refractivity contribution < 1.29 is 18.8 Å². The molecule has 0 aliphatic rings. The summed E-state index contributed by atoms with van der Waals surface area (Å²) in [5, 5.41) is 9.00. The van der Waals surface area contributed by atoms with Gasteiger partial charge in [-0.25, -0.2) is 0 Å². The van der Waals surface area contributed by atoms with Gasteiger partial charge < -0.3 is 19.3 Å². The second kappa shape index (κ2) is 9.07. The van der Waals surface area contributed by atoms with Crippen LogP contribution in [0.15, 0.2) is 89.5 Å². The number of ether oxygens (including phenoxy) is 2. The molecular weight excluding hydrogens is 430 g/mol. The van der Waals surface area contributed by atoms with Crippen molar-refractivity contribution in [1.29, 1.82) is 0 Å². The Morgan fingerprint density at radius 1 is 0.853 bits per heavy atom. The van der Waals surface area contributed by atoms with Gasteiger partial charge >= 0.3 is 0 Å². The number of carbonyl (C=O) groups is 1. The van der Waals surface area contributed by atoms with Crippen LogP contribution in [0.4, 0.5) is 5.69 Å². The minimum atomic E-state index is -0.219. The first kappa shape index (κ1) is 21.2.